The van der Waals surface area contributed by atoms with E-state index in [2.05, 4.69) is 0 Å². The summed E-state index contributed by atoms with van der Waals surface area (Å²) in [6.07, 6.45) is 3.59. The lowest BCUT2D eigenvalue weighted by atomic mass is 9.99. The van der Waals surface area contributed by atoms with Crippen molar-refractivity contribution in [3.8, 4) is 51.7 Å². The normalized spacial score (nSPS) is 13.2. The number of aromatic hydroxyl groups is 6. The molecule has 6 rings (SSSR count). The Morgan fingerprint density at radius 1 is 0.650 bits per heavy atom. The maximum absolute atomic E-state index is 9.89. The molecule has 4 aromatic rings. The second-order valence-corrected chi connectivity index (χ2v) is 9.08. The summed E-state index contributed by atoms with van der Waals surface area (Å²) >= 11 is 0. The number of rotatable bonds is 3. The largest absolute Gasteiger partial charge is 0.508 e. The summed E-state index contributed by atoms with van der Waals surface area (Å²) in [5.74, 6) is 0.767. The molecule has 9 heteroatoms. The molecule has 0 spiro atoms. The number of hydrogen-bond donors (Lipinski definition) is 6. The van der Waals surface area contributed by atoms with Crippen LogP contribution in [0.5, 0.6) is 51.7 Å². The standard InChI is InChI=1S/C16H14O4.C15H12O5/c1-19-13-4-2-3-10(5-13)11-6-14-15(18)7-12(17)8-16(14)20-9-11;16-11-3-1-2-10(15(11)19)9-4-8-5-12(17)13(18)6-14(8)20-7-9/h2-8,17-18H,9H2,1H3;1-6,16-19H,7H2. The van der Waals surface area contributed by atoms with Crippen molar-refractivity contribution < 1.29 is 44.8 Å². The van der Waals surface area contributed by atoms with Crippen LogP contribution in [0.1, 0.15) is 22.3 Å². The van der Waals surface area contributed by atoms with E-state index in [0.29, 0.717) is 40.4 Å². The Balaban J connectivity index is 0.000000161. The fourth-order valence-electron chi connectivity index (χ4n) is 4.37. The number of fused-ring (bicyclic) bond motifs is 2. The highest BCUT2D eigenvalue weighted by molar-refractivity contribution is 5.89. The SMILES string of the molecule is COc1cccc(C2=Cc3c(O)cc(O)cc3OC2)c1.Oc1cc2c(cc1O)OCC(c1cccc(O)c1O)=C2. The van der Waals surface area contributed by atoms with Crippen molar-refractivity contribution in [3.05, 3.63) is 89.0 Å². The summed E-state index contributed by atoms with van der Waals surface area (Å²) in [4.78, 5) is 0. The molecule has 0 atom stereocenters. The third-order valence-electron chi connectivity index (χ3n) is 6.43. The lowest BCUT2D eigenvalue weighted by molar-refractivity contribution is 0.354. The van der Waals surface area contributed by atoms with Crippen LogP contribution < -0.4 is 14.2 Å². The van der Waals surface area contributed by atoms with E-state index in [1.54, 1.807) is 25.3 Å². The Morgan fingerprint density at radius 3 is 2.17 bits per heavy atom. The summed E-state index contributed by atoms with van der Waals surface area (Å²) in [7, 11) is 1.62. The topological polar surface area (TPSA) is 149 Å². The van der Waals surface area contributed by atoms with Crippen LogP contribution >= 0.6 is 0 Å². The van der Waals surface area contributed by atoms with Crippen molar-refractivity contribution >= 4 is 23.3 Å². The van der Waals surface area contributed by atoms with E-state index in [4.69, 9.17) is 14.2 Å². The first-order valence-corrected chi connectivity index (χ1v) is 12.2. The molecule has 40 heavy (non-hydrogen) atoms. The van der Waals surface area contributed by atoms with Crippen molar-refractivity contribution in [2.24, 2.45) is 0 Å². The van der Waals surface area contributed by atoms with Gasteiger partial charge >= 0.3 is 0 Å². The van der Waals surface area contributed by atoms with Crippen LogP contribution in [-0.2, 0) is 0 Å². The first-order valence-electron chi connectivity index (χ1n) is 12.2. The molecule has 2 aliphatic heterocycles. The molecule has 0 bridgehead atoms. The zero-order valence-corrected chi connectivity index (χ0v) is 21.3. The molecule has 0 unspecified atom stereocenters. The van der Waals surface area contributed by atoms with Gasteiger partial charge in [-0.25, -0.2) is 0 Å². The number of benzene rings is 4. The maximum atomic E-state index is 9.89. The van der Waals surface area contributed by atoms with Gasteiger partial charge in [0.05, 0.1) is 12.7 Å². The van der Waals surface area contributed by atoms with Gasteiger partial charge in [-0.05, 0) is 47.6 Å². The highest BCUT2D eigenvalue weighted by Crippen LogP contribution is 2.41. The van der Waals surface area contributed by atoms with Crippen LogP contribution in [0.15, 0.2) is 66.7 Å². The predicted octanol–water partition coefficient (Wildman–Crippen LogP) is 5.48. The van der Waals surface area contributed by atoms with E-state index >= 15 is 0 Å². The molecule has 0 saturated heterocycles. The van der Waals surface area contributed by atoms with Crippen molar-refractivity contribution in [2.75, 3.05) is 20.3 Å². The molecule has 0 amide bonds. The predicted molar refractivity (Wildman–Crippen MR) is 149 cm³/mol. The molecule has 0 radical (unpaired) electrons. The smallest absolute Gasteiger partial charge is 0.165 e. The molecule has 0 aliphatic carbocycles. The monoisotopic (exact) mass is 542 g/mol. The van der Waals surface area contributed by atoms with Gasteiger partial charge in [0.15, 0.2) is 23.0 Å². The Bertz CT molecular complexity index is 1650. The zero-order chi connectivity index (χ0) is 28.4. The fraction of sp³-hybridized carbons (Fsp3) is 0.0968. The lowest BCUT2D eigenvalue weighted by Gasteiger charge is -2.19. The average molecular weight is 543 g/mol. The summed E-state index contributed by atoms with van der Waals surface area (Å²) in [6.45, 7) is 0.567. The summed E-state index contributed by atoms with van der Waals surface area (Å²) < 4.78 is 16.3. The number of methoxy groups -OCH3 is 1. The first kappa shape index (κ1) is 26.2. The van der Waals surface area contributed by atoms with Crippen LogP contribution in [0.2, 0.25) is 0 Å². The summed E-state index contributed by atoms with van der Waals surface area (Å²) in [5, 5.41) is 57.6. The molecule has 0 saturated carbocycles. The second kappa shape index (κ2) is 10.7. The van der Waals surface area contributed by atoms with E-state index in [0.717, 1.165) is 16.9 Å². The fourth-order valence-corrected chi connectivity index (χ4v) is 4.37. The molecule has 2 heterocycles. The highest BCUT2D eigenvalue weighted by Gasteiger charge is 2.19. The van der Waals surface area contributed by atoms with Crippen LogP contribution in [0.3, 0.4) is 0 Å². The van der Waals surface area contributed by atoms with Crippen LogP contribution in [0, 0.1) is 0 Å². The van der Waals surface area contributed by atoms with Gasteiger partial charge in [-0.1, -0.05) is 24.3 Å². The van der Waals surface area contributed by atoms with Crippen LogP contribution in [-0.4, -0.2) is 51.0 Å². The van der Waals surface area contributed by atoms with E-state index in [1.807, 2.05) is 30.3 Å². The quantitative estimate of drug-likeness (QED) is 0.185. The Labute approximate surface area is 229 Å². The molecule has 4 aromatic carbocycles. The van der Waals surface area contributed by atoms with Crippen LogP contribution in [0.4, 0.5) is 0 Å². The number of ether oxygens (including phenoxy) is 3. The number of hydrogen-bond acceptors (Lipinski definition) is 9. The molecule has 6 N–H and O–H groups in total. The van der Waals surface area contributed by atoms with Gasteiger partial charge in [0.25, 0.3) is 0 Å². The van der Waals surface area contributed by atoms with Crippen molar-refractivity contribution in [1.29, 1.82) is 0 Å². The van der Waals surface area contributed by atoms with Crippen molar-refractivity contribution in [1.82, 2.24) is 0 Å². The molecule has 2 aliphatic rings. The number of phenolic OH excluding ortho intramolecular Hbond substituents is 6. The molecular weight excluding hydrogens is 516 g/mol. The van der Waals surface area contributed by atoms with Gasteiger partial charge in [-0.15, -0.1) is 0 Å². The van der Waals surface area contributed by atoms with Gasteiger partial charge in [0.2, 0.25) is 0 Å². The Hall–Kier alpha value is -5.44. The van der Waals surface area contributed by atoms with Gasteiger partial charge < -0.3 is 44.8 Å². The minimum Gasteiger partial charge on any atom is -0.508 e. The Kier molecular flexibility index (Phi) is 7.03. The second-order valence-electron chi connectivity index (χ2n) is 9.08. The van der Waals surface area contributed by atoms with Gasteiger partial charge in [0, 0.05) is 34.9 Å². The van der Waals surface area contributed by atoms with Crippen molar-refractivity contribution in [2.45, 2.75) is 0 Å². The third-order valence-corrected chi connectivity index (χ3v) is 6.43. The number of phenols is 6. The van der Waals surface area contributed by atoms with E-state index in [9.17, 15) is 30.6 Å². The van der Waals surface area contributed by atoms with Gasteiger partial charge in [0.1, 0.15) is 42.0 Å². The minimum absolute atomic E-state index is 0.0000890. The van der Waals surface area contributed by atoms with Gasteiger partial charge in [-0.2, -0.15) is 0 Å². The molecule has 0 fully saturated rings. The molecule has 9 nitrogen and oxygen atoms in total. The molecule has 204 valence electrons. The van der Waals surface area contributed by atoms with Crippen LogP contribution in [0.25, 0.3) is 23.3 Å². The van der Waals surface area contributed by atoms with E-state index in [-0.39, 0.29) is 41.1 Å². The maximum Gasteiger partial charge on any atom is 0.165 e. The lowest BCUT2D eigenvalue weighted by Crippen LogP contribution is -2.06. The summed E-state index contributed by atoms with van der Waals surface area (Å²) in [6, 6.07) is 17.8. The van der Waals surface area contributed by atoms with E-state index < -0.39 is 0 Å². The molecular formula is C31H26O9. The number of para-hydroxylation sites is 1. The minimum atomic E-state index is -0.249. The van der Waals surface area contributed by atoms with Gasteiger partial charge in [-0.3, -0.25) is 0 Å². The first-order chi connectivity index (χ1) is 19.2. The van der Waals surface area contributed by atoms with Crippen molar-refractivity contribution in [3.63, 3.8) is 0 Å². The zero-order valence-electron chi connectivity index (χ0n) is 21.3. The highest BCUT2D eigenvalue weighted by atomic mass is 16.5. The molecule has 0 aromatic heterocycles. The Morgan fingerprint density at radius 2 is 1.38 bits per heavy atom. The average Bonchev–Trinajstić information content (AvgIpc) is 2.95. The summed E-state index contributed by atoms with van der Waals surface area (Å²) in [5.41, 5.74) is 4.20. The van der Waals surface area contributed by atoms with E-state index in [1.165, 1.54) is 30.3 Å². The third kappa shape index (κ3) is 5.25.